The van der Waals surface area contributed by atoms with Crippen LogP contribution >= 0.6 is 11.3 Å². The summed E-state index contributed by atoms with van der Waals surface area (Å²) in [5.41, 5.74) is 2.41. The minimum atomic E-state index is -0.450. The summed E-state index contributed by atoms with van der Waals surface area (Å²) >= 11 is 1.10. The van der Waals surface area contributed by atoms with Gasteiger partial charge in [0.25, 0.3) is 0 Å². The lowest BCUT2D eigenvalue weighted by atomic mass is 10.1. The number of nitrogens with one attached hydrogen (secondary N) is 1. The van der Waals surface area contributed by atoms with Crippen LogP contribution in [0.5, 0.6) is 0 Å². The molecule has 0 spiro atoms. The first kappa shape index (κ1) is 16.2. The zero-order valence-corrected chi connectivity index (χ0v) is 13.4. The number of aryl methyl sites for hydroxylation is 2. The van der Waals surface area contributed by atoms with E-state index in [9.17, 15) is 9.59 Å². The highest BCUT2D eigenvalue weighted by atomic mass is 32.1. The van der Waals surface area contributed by atoms with E-state index in [1.165, 1.54) is 18.9 Å². The molecule has 22 heavy (non-hydrogen) atoms. The lowest BCUT2D eigenvalue weighted by Crippen LogP contribution is -2.12. The van der Waals surface area contributed by atoms with Crippen molar-refractivity contribution >= 4 is 28.3 Å². The predicted molar refractivity (Wildman–Crippen MR) is 86.2 cm³/mol. The van der Waals surface area contributed by atoms with E-state index in [-0.39, 0.29) is 5.91 Å². The molecule has 0 saturated carbocycles. The lowest BCUT2D eigenvalue weighted by molar-refractivity contribution is -0.116. The zero-order valence-electron chi connectivity index (χ0n) is 12.6. The molecule has 1 N–H and O–H groups in total. The van der Waals surface area contributed by atoms with Gasteiger partial charge in [-0.05, 0) is 24.0 Å². The molecule has 0 aliphatic heterocycles. The minimum Gasteiger partial charge on any atom is -0.465 e. The number of thiazole rings is 1. The summed E-state index contributed by atoms with van der Waals surface area (Å²) < 4.78 is 4.60. The minimum absolute atomic E-state index is 0.120. The van der Waals surface area contributed by atoms with Gasteiger partial charge in [-0.25, -0.2) is 9.78 Å². The fourth-order valence-electron chi connectivity index (χ4n) is 1.91. The first-order valence-electron chi connectivity index (χ1n) is 7.04. The molecule has 0 aliphatic carbocycles. The maximum atomic E-state index is 11.9. The van der Waals surface area contributed by atoms with Crippen molar-refractivity contribution in [3.63, 3.8) is 0 Å². The Hall–Kier alpha value is -2.21. The molecule has 116 valence electrons. The standard InChI is InChI=1S/C16H18N2O3S/c1-3-11-4-6-12(7-5-11)8-9-14(19)18-16-17-10-13(22-16)15(20)21-2/h4-7,10H,3,8-9H2,1-2H3,(H,17,18,19). The molecule has 0 aliphatic rings. The summed E-state index contributed by atoms with van der Waals surface area (Å²) in [6, 6.07) is 8.25. The number of carbonyl (C=O) groups is 2. The molecule has 0 bridgehead atoms. The van der Waals surface area contributed by atoms with Gasteiger partial charge in [-0.3, -0.25) is 4.79 Å². The Morgan fingerprint density at radius 1 is 1.23 bits per heavy atom. The summed E-state index contributed by atoms with van der Waals surface area (Å²) in [7, 11) is 1.31. The molecular formula is C16H18N2O3S. The van der Waals surface area contributed by atoms with Crippen molar-refractivity contribution in [2.75, 3.05) is 12.4 Å². The van der Waals surface area contributed by atoms with E-state index in [0.717, 1.165) is 23.3 Å². The van der Waals surface area contributed by atoms with Crippen LogP contribution in [-0.4, -0.2) is 24.0 Å². The molecular weight excluding hydrogens is 300 g/mol. The average molecular weight is 318 g/mol. The third-order valence-electron chi connectivity index (χ3n) is 3.21. The second-order valence-electron chi connectivity index (χ2n) is 4.74. The first-order chi connectivity index (χ1) is 10.6. The van der Waals surface area contributed by atoms with Crippen LogP contribution in [0.4, 0.5) is 5.13 Å². The smallest absolute Gasteiger partial charge is 0.349 e. The topological polar surface area (TPSA) is 68.3 Å². The van der Waals surface area contributed by atoms with Crippen LogP contribution in [0.3, 0.4) is 0 Å². The highest BCUT2D eigenvalue weighted by molar-refractivity contribution is 7.17. The van der Waals surface area contributed by atoms with Gasteiger partial charge in [0.05, 0.1) is 13.3 Å². The summed E-state index contributed by atoms with van der Waals surface area (Å²) in [6.45, 7) is 2.11. The first-order valence-corrected chi connectivity index (χ1v) is 7.85. The van der Waals surface area contributed by atoms with Crippen LogP contribution in [-0.2, 0) is 22.4 Å². The Morgan fingerprint density at radius 2 is 1.91 bits per heavy atom. The number of carbonyl (C=O) groups excluding carboxylic acids is 2. The number of ether oxygens (including phenoxy) is 1. The summed E-state index contributed by atoms with van der Waals surface area (Å²) in [5.74, 6) is -0.570. The molecule has 1 heterocycles. The number of hydrogen-bond acceptors (Lipinski definition) is 5. The lowest BCUT2D eigenvalue weighted by Gasteiger charge is -2.03. The third-order valence-corrected chi connectivity index (χ3v) is 4.10. The SMILES string of the molecule is CCc1ccc(CCC(=O)Nc2ncc(C(=O)OC)s2)cc1. The second kappa shape index (κ2) is 7.70. The maximum Gasteiger partial charge on any atom is 0.349 e. The van der Waals surface area contributed by atoms with E-state index in [1.807, 2.05) is 12.1 Å². The number of aromatic nitrogens is 1. The van der Waals surface area contributed by atoms with Crippen LogP contribution in [0.1, 0.15) is 34.1 Å². The van der Waals surface area contributed by atoms with Gasteiger partial charge in [0.1, 0.15) is 4.88 Å². The second-order valence-corrected chi connectivity index (χ2v) is 5.77. The van der Waals surface area contributed by atoms with Gasteiger partial charge in [-0.2, -0.15) is 0 Å². The van der Waals surface area contributed by atoms with Crippen molar-refractivity contribution in [2.24, 2.45) is 0 Å². The van der Waals surface area contributed by atoms with Crippen LogP contribution in [0.15, 0.2) is 30.5 Å². The van der Waals surface area contributed by atoms with Crippen LogP contribution in [0.2, 0.25) is 0 Å². The number of hydrogen-bond donors (Lipinski definition) is 1. The Morgan fingerprint density at radius 3 is 2.55 bits per heavy atom. The number of methoxy groups -OCH3 is 1. The van der Waals surface area contributed by atoms with Crippen molar-refractivity contribution < 1.29 is 14.3 Å². The Labute approximate surface area is 133 Å². The number of amides is 1. The molecule has 6 heteroatoms. The van der Waals surface area contributed by atoms with Crippen molar-refractivity contribution in [1.29, 1.82) is 0 Å². The molecule has 1 amide bonds. The third kappa shape index (κ3) is 4.39. The van der Waals surface area contributed by atoms with Gasteiger partial charge in [-0.15, -0.1) is 0 Å². The van der Waals surface area contributed by atoms with Gasteiger partial charge < -0.3 is 10.1 Å². The van der Waals surface area contributed by atoms with Crippen LogP contribution in [0.25, 0.3) is 0 Å². The largest absolute Gasteiger partial charge is 0.465 e. The van der Waals surface area contributed by atoms with Crippen LogP contribution in [0, 0.1) is 0 Å². The van der Waals surface area contributed by atoms with E-state index in [2.05, 4.69) is 34.1 Å². The number of anilines is 1. The molecule has 2 rings (SSSR count). The zero-order chi connectivity index (χ0) is 15.9. The van der Waals surface area contributed by atoms with Crippen LogP contribution < -0.4 is 5.32 Å². The van der Waals surface area contributed by atoms with E-state index < -0.39 is 5.97 Å². The molecule has 0 atom stereocenters. The van der Waals surface area contributed by atoms with Gasteiger partial charge in [0, 0.05) is 6.42 Å². The molecule has 5 nitrogen and oxygen atoms in total. The Bertz CT molecular complexity index is 650. The predicted octanol–water partition coefficient (Wildman–Crippen LogP) is 3.06. The summed E-state index contributed by atoms with van der Waals surface area (Å²) in [6.07, 6.45) is 3.45. The van der Waals surface area contributed by atoms with Gasteiger partial charge in [0.15, 0.2) is 5.13 Å². The van der Waals surface area contributed by atoms with E-state index in [4.69, 9.17) is 0 Å². The van der Waals surface area contributed by atoms with E-state index >= 15 is 0 Å². The fourth-order valence-corrected chi connectivity index (χ4v) is 2.66. The van der Waals surface area contributed by atoms with Crippen molar-refractivity contribution in [3.8, 4) is 0 Å². The quantitative estimate of drug-likeness (QED) is 0.831. The highest BCUT2D eigenvalue weighted by Crippen LogP contribution is 2.19. The molecule has 0 radical (unpaired) electrons. The number of nitrogens with zero attached hydrogens (tertiary/aromatic N) is 1. The van der Waals surface area contributed by atoms with Crippen molar-refractivity contribution in [2.45, 2.75) is 26.2 Å². The molecule has 1 aromatic heterocycles. The molecule has 0 unspecified atom stereocenters. The summed E-state index contributed by atoms with van der Waals surface area (Å²) in [5, 5.41) is 3.10. The van der Waals surface area contributed by atoms with Gasteiger partial charge in [-0.1, -0.05) is 42.5 Å². The van der Waals surface area contributed by atoms with E-state index in [1.54, 1.807) is 0 Å². The van der Waals surface area contributed by atoms with Crippen molar-refractivity contribution in [3.05, 3.63) is 46.5 Å². The molecule has 2 aromatic rings. The fraction of sp³-hybridized carbons (Fsp3) is 0.312. The normalized spacial score (nSPS) is 10.3. The number of esters is 1. The monoisotopic (exact) mass is 318 g/mol. The maximum absolute atomic E-state index is 11.9. The molecule has 0 saturated heterocycles. The number of rotatable bonds is 6. The highest BCUT2D eigenvalue weighted by Gasteiger charge is 2.12. The average Bonchev–Trinajstić information content (AvgIpc) is 3.01. The molecule has 0 fully saturated rings. The summed E-state index contributed by atoms with van der Waals surface area (Å²) in [4.78, 5) is 27.6. The Kier molecular flexibility index (Phi) is 5.66. The van der Waals surface area contributed by atoms with E-state index in [0.29, 0.717) is 22.9 Å². The Balaban J connectivity index is 1.84. The molecule has 1 aromatic carbocycles. The number of benzene rings is 1. The van der Waals surface area contributed by atoms with Crippen molar-refractivity contribution in [1.82, 2.24) is 4.98 Å². The van der Waals surface area contributed by atoms with Gasteiger partial charge >= 0.3 is 5.97 Å². The van der Waals surface area contributed by atoms with Gasteiger partial charge in [0.2, 0.25) is 5.91 Å².